The third kappa shape index (κ3) is 9.44. The van der Waals surface area contributed by atoms with Crippen molar-refractivity contribution in [1.29, 1.82) is 0 Å². The van der Waals surface area contributed by atoms with Gasteiger partial charge in [-0.15, -0.1) is 0 Å². The summed E-state index contributed by atoms with van der Waals surface area (Å²) in [5.41, 5.74) is 7.02. The van der Waals surface area contributed by atoms with E-state index in [0.29, 0.717) is 24.4 Å². The lowest BCUT2D eigenvalue weighted by molar-refractivity contribution is -0.130. The van der Waals surface area contributed by atoms with Crippen molar-refractivity contribution in [3.05, 3.63) is 78.1 Å². The van der Waals surface area contributed by atoms with Gasteiger partial charge in [-0.2, -0.15) is 5.10 Å². The van der Waals surface area contributed by atoms with Gasteiger partial charge in [0.25, 0.3) is 0 Å². The summed E-state index contributed by atoms with van der Waals surface area (Å²) >= 11 is 0. The largest absolute Gasteiger partial charge is 0.497 e. The second-order valence-corrected chi connectivity index (χ2v) is 10.6. The van der Waals surface area contributed by atoms with Crippen molar-refractivity contribution in [2.45, 2.75) is 50.9 Å². The van der Waals surface area contributed by atoms with E-state index in [1.807, 2.05) is 54.6 Å². The predicted molar refractivity (Wildman–Crippen MR) is 156 cm³/mol. The number of hydrogen-bond donors (Lipinski definition) is 3. The Balaban J connectivity index is 1.65. The van der Waals surface area contributed by atoms with Crippen LogP contribution in [0.1, 0.15) is 37.3 Å². The van der Waals surface area contributed by atoms with Gasteiger partial charge in [-0.25, -0.2) is 0 Å². The van der Waals surface area contributed by atoms with Gasteiger partial charge in [-0.3, -0.25) is 19.1 Å². The van der Waals surface area contributed by atoms with Crippen molar-refractivity contribution in [2.75, 3.05) is 33.1 Å². The Labute approximate surface area is 241 Å². The van der Waals surface area contributed by atoms with Gasteiger partial charge < -0.3 is 30.7 Å². The summed E-state index contributed by atoms with van der Waals surface area (Å²) in [4.78, 5) is 40.2. The molecule has 0 aliphatic carbocycles. The number of carbonyl (C=O) groups is 3. The van der Waals surface area contributed by atoms with Gasteiger partial charge in [-0.05, 0) is 43.5 Å². The number of nitrogens with one attached hydrogen (secondary N) is 2. The fraction of sp³-hybridized carbons (Fsp3) is 0.400. The molecule has 0 saturated carbocycles. The fourth-order valence-electron chi connectivity index (χ4n) is 4.02. The van der Waals surface area contributed by atoms with Crippen LogP contribution in [0.15, 0.2) is 67.0 Å². The van der Waals surface area contributed by atoms with Crippen LogP contribution in [0.3, 0.4) is 0 Å². The van der Waals surface area contributed by atoms with E-state index < -0.39 is 23.4 Å². The molecule has 0 fully saturated rings. The average Bonchev–Trinajstić information content (AvgIpc) is 3.39. The molecule has 2 atom stereocenters. The summed E-state index contributed by atoms with van der Waals surface area (Å²) in [6.45, 7) is 3.80. The summed E-state index contributed by atoms with van der Waals surface area (Å²) in [5, 5.41) is 9.82. The Bertz CT molecular complexity index is 1280. The van der Waals surface area contributed by atoms with Gasteiger partial charge in [0.15, 0.2) is 0 Å². The van der Waals surface area contributed by atoms with Crippen LogP contribution in [0.2, 0.25) is 0 Å². The number of aryl methyl sites for hydroxylation is 1. The van der Waals surface area contributed by atoms with E-state index in [2.05, 4.69) is 15.7 Å². The summed E-state index contributed by atoms with van der Waals surface area (Å²) < 4.78 is 12.6. The van der Waals surface area contributed by atoms with E-state index in [9.17, 15) is 14.4 Å². The number of benzene rings is 2. The summed E-state index contributed by atoms with van der Waals surface area (Å²) in [6.07, 6.45) is 3.69. The second kappa shape index (κ2) is 14.4. The Hall–Kier alpha value is -4.22. The highest BCUT2D eigenvalue weighted by Gasteiger charge is 2.29. The minimum atomic E-state index is -1.17. The number of anilines is 1. The molecule has 4 N–H and O–H groups in total. The Morgan fingerprint density at radius 2 is 1.76 bits per heavy atom. The van der Waals surface area contributed by atoms with Gasteiger partial charge in [-0.1, -0.05) is 42.5 Å². The van der Waals surface area contributed by atoms with E-state index in [1.54, 1.807) is 50.8 Å². The Morgan fingerprint density at radius 1 is 1.07 bits per heavy atom. The molecule has 3 rings (SSSR count). The summed E-state index contributed by atoms with van der Waals surface area (Å²) in [7, 11) is 5.05. The Morgan fingerprint density at radius 3 is 2.37 bits per heavy atom. The van der Waals surface area contributed by atoms with Crippen molar-refractivity contribution in [1.82, 2.24) is 20.0 Å². The van der Waals surface area contributed by atoms with Gasteiger partial charge in [0, 0.05) is 26.8 Å². The highest BCUT2D eigenvalue weighted by Crippen LogP contribution is 2.25. The normalized spacial score (nSPS) is 12.7. The number of ether oxygens (including phenoxy) is 2. The second-order valence-electron chi connectivity index (χ2n) is 10.6. The lowest BCUT2D eigenvalue weighted by Crippen LogP contribution is -2.56. The van der Waals surface area contributed by atoms with E-state index in [-0.39, 0.29) is 25.0 Å². The molecule has 3 amide bonds. The third-order valence-corrected chi connectivity index (χ3v) is 6.41. The summed E-state index contributed by atoms with van der Waals surface area (Å²) in [5.74, 6) is -0.625. The number of nitrogens with zero attached hydrogens (tertiary/aromatic N) is 3. The number of aromatic nitrogens is 2. The maximum atomic E-state index is 13.2. The molecule has 0 spiro atoms. The molecular weight excluding hydrogens is 524 g/mol. The highest BCUT2D eigenvalue weighted by molar-refractivity contribution is 5.98. The monoisotopic (exact) mass is 564 g/mol. The zero-order valence-corrected chi connectivity index (χ0v) is 24.3. The first-order valence-electron chi connectivity index (χ1n) is 13.4. The van der Waals surface area contributed by atoms with Crippen molar-refractivity contribution in [2.24, 2.45) is 5.73 Å². The number of rotatable bonds is 14. The maximum absolute atomic E-state index is 13.2. The maximum Gasteiger partial charge on any atom is 0.249 e. The van der Waals surface area contributed by atoms with Crippen LogP contribution in [-0.2, 0) is 32.3 Å². The first-order valence-corrected chi connectivity index (χ1v) is 13.4. The lowest BCUT2D eigenvalue weighted by Gasteiger charge is -2.23. The van der Waals surface area contributed by atoms with Gasteiger partial charge in [0.1, 0.15) is 11.8 Å². The smallest absolute Gasteiger partial charge is 0.249 e. The molecule has 1 unspecified atom stereocenters. The molecule has 0 aliphatic rings. The molecule has 3 aromatic rings. The fourth-order valence-corrected chi connectivity index (χ4v) is 4.02. The van der Waals surface area contributed by atoms with Crippen molar-refractivity contribution in [3.63, 3.8) is 0 Å². The van der Waals surface area contributed by atoms with Gasteiger partial charge >= 0.3 is 0 Å². The SMILES string of the molecule is COc1ccc(C(CCn2cc(NC(=O)[C@@H](COCc3ccccc3)NC(=O)C(C)(C)N)cn2)C(=O)N(C)C)cc1. The van der Waals surface area contributed by atoms with Crippen LogP contribution in [0.5, 0.6) is 5.75 Å². The minimum absolute atomic E-state index is 0.0206. The van der Waals surface area contributed by atoms with Crippen molar-refractivity contribution < 1.29 is 23.9 Å². The van der Waals surface area contributed by atoms with Crippen LogP contribution in [0.25, 0.3) is 0 Å². The molecule has 11 heteroatoms. The van der Waals surface area contributed by atoms with Crippen molar-refractivity contribution in [3.8, 4) is 5.75 Å². The number of amides is 3. The van der Waals surface area contributed by atoms with Crippen molar-refractivity contribution >= 4 is 23.4 Å². The Kier molecular flexibility index (Phi) is 11.0. The first-order chi connectivity index (χ1) is 19.5. The zero-order valence-electron chi connectivity index (χ0n) is 24.3. The molecule has 11 nitrogen and oxygen atoms in total. The predicted octanol–water partition coefficient (Wildman–Crippen LogP) is 2.53. The molecular formula is C30H40N6O5. The van der Waals surface area contributed by atoms with Crippen LogP contribution in [-0.4, -0.2) is 71.8 Å². The van der Waals surface area contributed by atoms with Crippen LogP contribution in [0.4, 0.5) is 5.69 Å². The summed E-state index contributed by atoms with van der Waals surface area (Å²) in [6, 6.07) is 16.0. The number of methoxy groups -OCH3 is 1. The molecule has 0 saturated heterocycles. The van der Waals surface area contributed by atoms with E-state index >= 15 is 0 Å². The molecule has 2 aromatic carbocycles. The van der Waals surface area contributed by atoms with E-state index in [0.717, 1.165) is 11.1 Å². The topological polar surface area (TPSA) is 141 Å². The molecule has 220 valence electrons. The molecule has 1 aromatic heterocycles. The van der Waals surface area contributed by atoms with Crippen LogP contribution >= 0.6 is 0 Å². The molecule has 0 aliphatic heterocycles. The standard InChI is InChI=1S/C30H40N6O5/c1-30(2,31)29(39)34-26(20-41-19-21-9-7-6-8-10-21)27(37)33-23-17-32-36(18-23)16-15-25(28(38)35(3)4)22-11-13-24(40-5)14-12-22/h6-14,17-18,25-26H,15-16,19-20,31H2,1-5H3,(H,33,37)(H,34,39)/t25?,26-/m1/s1. The number of likely N-dealkylation sites (N-methyl/N-ethyl adjacent to an activating group) is 1. The quantitative estimate of drug-likeness (QED) is 0.273. The van der Waals surface area contributed by atoms with Crippen LogP contribution < -0.4 is 21.1 Å². The van der Waals surface area contributed by atoms with E-state index in [1.165, 1.54) is 6.20 Å². The zero-order chi connectivity index (χ0) is 30.0. The van der Waals surface area contributed by atoms with E-state index in [4.69, 9.17) is 15.2 Å². The van der Waals surface area contributed by atoms with Crippen LogP contribution in [0, 0.1) is 0 Å². The molecule has 1 heterocycles. The third-order valence-electron chi connectivity index (χ3n) is 6.41. The van der Waals surface area contributed by atoms with Gasteiger partial charge in [0.2, 0.25) is 17.7 Å². The minimum Gasteiger partial charge on any atom is -0.497 e. The van der Waals surface area contributed by atoms with Gasteiger partial charge in [0.05, 0.1) is 43.7 Å². The lowest BCUT2D eigenvalue weighted by atomic mass is 9.94. The average molecular weight is 565 g/mol. The molecule has 0 radical (unpaired) electrons. The first kappa shape index (κ1) is 31.3. The molecule has 0 bridgehead atoms. The number of hydrogen-bond acceptors (Lipinski definition) is 7. The molecule has 41 heavy (non-hydrogen) atoms. The number of nitrogens with two attached hydrogens (primary N) is 1. The number of carbonyl (C=O) groups excluding carboxylic acids is 3. The highest BCUT2D eigenvalue weighted by atomic mass is 16.5.